The van der Waals surface area contributed by atoms with Crippen molar-refractivity contribution in [2.24, 2.45) is 0 Å². The van der Waals surface area contributed by atoms with E-state index in [9.17, 15) is 17.6 Å². The molecule has 0 aliphatic heterocycles. The molecule has 3 aromatic rings. The number of hydrogen-bond acceptors (Lipinski definition) is 3. The molecule has 1 aliphatic carbocycles. The molecule has 0 amide bonds. The lowest BCUT2D eigenvalue weighted by Crippen LogP contribution is -2.14. The number of carbonyl (C=O) groups excluding carboxylic acids is 1. The molecule has 1 heterocycles. The maximum Gasteiger partial charge on any atom is 0.262 e. The minimum absolute atomic E-state index is 0.0802. The second-order valence-electron chi connectivity index (χ2n) is 6.65. The van der Waals surface area contributed by atoms with Crippen LogP contribution in [0.2, 0.25) is 5.02 Å². The van der Waals surface area contributed by atoms with E-state index < -0.39 is 15.8 Å². The molecule has 0 radical (unpaired) electrons. The molecule has 0 bridgehead atoms. The Balaban J connectivity index is 1.79. The summed E-state index contributed by atoms with van der Waals surface area (Å²) in [4.78, 5) is 15.5. The van der Waals surface area contributed by atoms with E-state index in [0.717, 1.165) is 30.0 Å². The monoisotopic (exact) mass is 406 g/mol. The normalized spacial score (nSPS) is 14.4. The van der Waals surface area contributed by atoms with Gasteiger partial charge in [-0.1, -0.05) is 11.6 Å². The maximum absolute atomic E-state index is 13.3. The minimum atomic E-state index is -3.92. The van der Waals surface area contributed by atoms with Gasteiger partial charge in [0, 0.05) is 28.6 Å². The number of fused-ring (bicyclic) bond motifs is 3. The van der Waals surface area contributed by atoms with E-state index in [1.165, 1.54) is 18.2 Å². The molecular weight excluding hydrogens is 391 g/mol. The van der Waals surface area contributed by atoms with Crippen LogP contribution in [0.3, 0.4) is 0 Å². The van der Waals surface area contributed by atoms with Crippen LogP contribution in [-0.2, 0) is 16.4 Å². The number of aryl methyl sites for hydroxylation is 2. The molecule has 140 valence electrons. The van der Waals surface area contributed by atoms with Crippen molar-refractivity contribution in [2.45, 2.75) is 31.1 Å². The number of sulfonamides is 1. The first-order chi connectivity index (χ1) is 12.8. The summed E-state index contributed by atoms with van der Waals surface area (Å²) in [6.07, 6.45) is 2.06. The highest BCUT2D eigenvalue weighted by Crippen LogP contribution is 2.33. The molecule has 1 aliphatic rings. The first kappa shape index (κ1) is 18.0. The molecular formula is C19H16ClFN2O3S. The number of Topliss-reactive ketones (excluding diaryl/α,β-unsaturated/α-hetero) is 1. The van der Waals surface area contributed by atoms with Gasteiger partial charge in [-0.05, 0) is 55.7 Å². The minimum Gasteiger partial charge on any atom is -0.358 e. The van der Waals surface area contributed by atoms with Gasteiger partial charge in [-0.2, -0.15) is 0 Å². The summed E-state index contributed by atoms with van der Waals surface area (Å²) in [6.45, 7) is 1.68. The van der Waals surface area contributed by atoms with E-state index in [4.69, 9.17) is 11.6 Å². The van der Waals surface area contributed by atoms with Gasteiger partial charge in [0.1, 0.15) is 5.82 Å². The number of anilines is 1. The fourth-order valence-corrected chi connectivity index (χ4v) is 4.99. The summed E-state index contributed by atoms with van der Waals surface area (Å²) in [6, 6.07) is 6.87. The van der Waals surface area contributed by atoms with Gasteiger partial charge in [0.15, 0.2) is 5.78 Å². The van der Waals surface area contributed by atoms with Crippen molar-refractivity contribution in [1.82, 2.24) is 4.98 Å². The lowest BCUT2D eigenvalue weighted by Gasteiger charge is -2.12. The van der Waals surface area contributed by atoms with Crippen LogP contribution in [0.1, 0.15) is 34.5 Å². The van der Waals surface area contributed by atoms with Gasteiger partial charge in [-0.15, -0.1) is 0 Å². The summed E-state index contributed by atoms with van der Waals surface area (Å²) in [5.41, 5.74) is 2.82. The summed E-state index contributed by atoms with van der Waals surface area (Å²) < 4.78 is 41.4. The number of carbonyl (C=O) groups is 1. The highest BCUT2D eigenvalue weighted by molar-refractivity contribution is 7.92. The van der Waals surface area contributed by atoms with Crippen molar-refractivity contribution < 1.29 is 17.6 Å². The van der Waals surface area contributed by atoms with Crippen molar-refractivity contribution in [3.05, 3.63) is 58.0 Å². The Labute approximate surface area is 160 Å². The zero-order chi connectivity index (χ0) is 19.3. The fraction of sp³-hybridized carbons (Fsp3) is 0.211. The summed E-state index contributed by atoms with van der Waals surface area (Å²) >= 11 is 5.72. The van der Waals surface area contributed by atoms with Gasteiger partial charge in [0.2, 0.25) is 0 Å². The van der Waals surface area contributed by atoms with Gasteiger partial charge in [0.05, 0.1) is 15.6 Å². The first-order valence-electron chi connectivity index (χ1n) is 8.42. The average Bonchev–Trinajstić information content (AvgIpc) is 2.96. The summed E-state index contributed by atoms with van der Waals surface area (Å²) in [5.74, 6) is -0.546. The van der Waals surface area contributed by atoms with E-state index in [0.29, 0.717) is 23.1 Å². The van der Waals surface area contributed by atoms with Crippen LogP contribution in [0, 0.1) is 12.7 Å². The zero-order valence-corrected chi connectivity index (χ0v) is 16.0. The molecule has 0 spiro atoms. The van der Waals surface area contributed by atoms with E-state index in [1.807, 2.05) is 0 Å². The third kappa shape index (κ3) is 3.11. The van der Waals surface area contributed by atoms with Crippen LogP contribution in [0.4, 0.5) is 10.1 Å². The fourth-order valence-electron chi connectivity index (χ4n) is 3.50. The second kappa shape index (κ2) is 6.35. The Morgan fingerprint density at radius 2 is 1.96 bits per heavy atom. The molecule has 4 rings (SSSR count). The molecule has 0 saturated heterocycles. The average molecular weight is 407 g/mol. The van der Waals surface area contributed by atoms with Crippen molar-refractivity contribution in [3.63, 3.8) is 0 Å². The number of ketones is 1. The molecule has 27 heavy (non-hydrogen) atoms. The highest BCUT2D eigenvalue weighted by atomic mass is 35.5. The standard InChI is InChI=1S/C19H16ClFN2O3S/c1-10-7-12-16(22-15-3-2-4-17(24)19(12)15)9-18(10)27(25,26)23-11-5-6-14(21)13(20)8-11/h5-9,22-23H,2-4H2,1H3. The number of aromatic amines is 1. The molecule has 0 saturated carbocycles. The van der Waals surface area contributed by atoms with Crippen molar-refractivity contribution in [1.29, 1.82) is 0 Å². The predicted octanol–water partition coefficient (Wildman–Crippen LogP) is 4.59. The van der Waals surface area contributed by atoms with Gasteiger partial charge < -0.3 is 4.98 Å². The van der Waals surface area contributed by atoms with Gasteiger partial charge in [0.25, 0.3) is 10.0 Å². The number of nitrogens with one attached hydrogen (secondary N) is 2. The smallest absolute Gasteiger partial charge is 0.262 e. The SMILES string of the molecule is Cc1cc2c3c([nH]c2cc1S(=O)(=O)Nc1ccc(F)c(Cl)c1)CCCC3=O. The van der Waals surface area contributed by atoms with E-state index in [-0.39, 0.29) is 21.4 Å². The Bertz CT molecular complexity index is 1200. The Kier molecular flexibility index (Phi) is 4.24. The molecule has 0 unspecified atom stereocenters. The summed E-state index contributed by atoms with van der Waals surface area (Å²) in [5, 5.41) is 0.578. The quantitative estimate of drug-likeness (QED) is 0.667. The lowest BCUT2D eigenvalue weighted by atomic mass is 9.94. The largest absolute Gasteiger partial charge is 0.358 e. The number of aromatic nitrogens is 1. The molecule has 5 nitrogen and oxygen atoms in total. The number of H-pyrrole nitrogens is 1. The van der Waals surface area contributed by atoms with Crippen LogP contribution in [0.15, 0.2) is 35.2 Å². The molecule has 8 heteroatoms. The lowest BCUT2D eigenvalue weighted by molar-refractivity contribution is 0.0974. The molecule has 0 atom stereocenters. The third-order valence-corrected chi connectivity index (χ3v) is 6.56. The Hall–Kier alpha value is -2.38. The molecule has 2 aromatic carbocycles. The zero-order valence-electron chi connectivity index (χ0n) is 14.4. The highest BCUT2D eigenvalue weighted by Gasteiger charge is 2.25. The van der Waals surface area contributed by atoms with E-state index in [1.54, 1.807) is 13.0 Å². The second-order valence-corrected chi connectivity index (χ2v) is 8.71. The van der Waals surface area contributed by atoms with Crippen LogP contribution in [0.25, 0.3) is 10.9 Å². The van der Waals surface area contributed by atoms with Crippen LogP contribution < -0.4 is 4.72 Å². The number of rotatable bonds is 3. The van der Waals surface area contributed by atoms with E-state index >= 15 is 0 Å². The number of benzene rings is 2. The Morgan fingerprint density at radius 3 is 2.70 bits per heavy atom. The van der Waals surface area contributed by atoms with Gasteiger partial charge in [-0.3, -0.25) is 9.52 Å². The van der Waals surface area contributed by atoms with E-state index in [2.05, 4.69) is 9.71 Å². The molecule has 2 N–H and O–H groups in total. The van der Waals surface area contributed by atoms with Gasteiger partial charge >= 0.3 is 0 Å². The van der Waals surface area contributed by atoms with Gasteiger partial charge in [-0.25, -0.2) is 12.8 Å². The summed E-state index contributed by atoms with van der Waals surface area (Å²) in [7, 11) is -3.92. The van der Waals surface area contributed by atoms with Crippen LogP contribution in [-0.4, -0.2) is 19.2 Å². The van der Waals surface area contributed by atoms with Crippen molar-refractivity contribution >= 4 is 44.0 Å². The van der Waals surface area contributed by atoms with Crippen molar-refractivity contribution in [3.8, 4) is 0 Å². The Morgan fingerprint density at radius 1 is 1.19 bits per heavy atom. The number of hydrogen-bond donors (Lipinski definition) is 2. The van der Waals surface area contributed by atoms with Crippen molar-refractivity contribution in [2.75, 3.05) is 4.72 Å². The van der Waals surface area contributed by atoms with Crippen LogP contribution >= 0.6 is 11.6 Å². The maximum atomic E-state index is 13.3. The van der Waals surface area contributed by atoms with Crippen LogP contribution in [0.5, 0.6) is 0 Å². The first-order valence-corrected chi connectivity index (χ1v) is 10.3. The number of halogens is 2. The third-order valence-electron chi connectivity index (χ3n) is 4.74. The predicted molar refractivity (Wildman–Crippen MR) is 103 cm³/mol. The molecule has 1 aromatic heterocycles. The topological polar surface area (TPSA) is 79.0 Å². The molecule has 0 fully saturated rings.